The van der Waals surface area contributed by atoms with Crippen molar-refractivity contribution in [1.29, 1.82) is 0 Å². The Kier molecular flexibility index (Phi) is 4.52. The number of morpholine rings is 1. The highest BCUT2D eigenvalue weighted by molar-refractivity contribution is 6.30. The quantitative estimate of drug-likeness (QED) is 0.901. The fourth-order valence-corrected chi connectivity index (χ4v) is 1.98. The molecule has 0 aliphatic carbocycles. The maximum absolute atomic E-state index is 11.8. The molecule has 1 aliphatic heterocycles. The summed E-state index contributed by atoms with van der Waals surface area (Å²) in [6.45, 7) is 4.60. The van der Waals surface area contributed by atoms with Gasteiger partial charge in [-0.05, 0) is 19.1 Å². The summed E-state index contributed by atoms with van der Waals surface area (Å²) < 4.78 is 5.42. The summed E-state index contributed by atoms with van der Waals surface area (Å²) >= 11 is 5.72. The number of nitrogens with zero attached hydrogens (tertiary/aromatic N) is 2. The maximum Gasteiger partial charge on any atom is 0.239 e. The number of anilines is 1. The Bertz CT molecular complexity index is 410. The number of aromatic nitrogens is 1. The van der Waals surface area contributed by atoms with Crippen molar-refractivity contribution in [3.05, 3.63) is 23.4 Å². The fourth-order valence-electron chi connectivity index (χ4n) is 1.87. The van der Waals surface area contributed by atoms with Crippen molar-refractivity contribution >= 4 is 23.3 Å². The van der Waals surface area contributed by atoms with Crippen LogP contribution < -0.4 is 5.32 Å². The Hall–Kier alpha value is -1.17. The minimum atomic E-state index is -0.0704. The van der Waals surface area contributed by atoms with Crippen LogP contribution in [0.2, 0.25) is 5.02 Å². The van der Waals surface area contributed by atoms with E-state index in [1.165, 1.54) is 6.20 Å². The van der Waals surface area contributed by atoms with Crippen molar-refractivity contribution in [2.75, 3.05) is 31.6 Å². The lowest BCUT2D eigenvalue weighted by Crippen LogP contribution is -2.44. The van der Waals surface area contributed by atoms with E-state index in [9.17, 15) is 4.79 Å². The van der Waals surface area contributed by atoms with Gasteiger partial charge < -0.3 is 10.1 Å². The Labute approximate surface area is 111 Å². The first-order valence-corrected chi connectivity index (χ1v) is 6.26. The molecule has 0 saturated carbocycles. The first-order valence-electron chi connectivity index (χ1n) is 5.89. The number of hydrogen-bond donors (Lipinski definition) is 1. The number of halogens is 1. The molecule has 2 rings (SSSR count). The first kappa shape index (κ1) is 13.3. The lowest BCUT2D eigenvalue weighted by molar-refractivity contribution is -0.119. The largest absolute Gasteiger partial charge is 0.376 e. The van der Waals surface area contributed by atoms with E-state index in [1.807, 2.05) is 6.92 Å². The van der Waals surface area contributed by atoms with Gasteiger partial charge in [-0.15, -0.1) is 0 Å². The van der Waals surface area contributed by atoms with E-state index in [1.54, 1.807) is 12.1 Å². The third-order valence-corrected chi connectivity index (χ3v) is 2.91. The third kappa shape index (κ3) is 3.94. The van der Waals surface area contributed by atoms with Gasteiger partial charge in [-0.25, -0.2) is 4.98 Å². The highest BCUT2D eigenvalue weighted by Gasteiger charge is 2.18. The molecule has 1 fully saturated rings. The molecular formula is C12H16ClN3O2. The molecule has 0 radical (unpaired) electrons. The molecule has 1 amide bonds. The van der Waals surface area contributed by atoms with Gasteiger partial charge in [0, 0.05) is 19.3 Å². The van der Waals surface area contributed by atoms with Crippen LogP contribution in [0.25, 0.3) is 0 Å². The molecule has 6 heteroatoms. The van der Waals surface area contributed by atoms with Crippen LogP contribution in [0.3, 0.4) is 0 Å². The second-order valence-corrected chi connectivity index (χ2v) is 4.76. The van der Waals surface area contributed by atoms with Gasteiger partial charge in [0.05, 0.1) is 24.3 Å². The molecule has 1 aliphatic rings. The van der Waals surface area contributed by atoms with Crippen LogP contribution in [-0.4, -0.2) is 48.1 Å². The lowest BCUT2D eigenvalue weighted by atomic mass is 10.3. The van der Waals surface area contributed by atoms with E-state index in [0.717, 1.165) is 13.1 Å². The van der Waals surface area contributed by atoms with E-state index < -0.39 is 0 Å². The molecule has 2 heterocycles. The molecule has 18 heavy (non-hydrogen) atoms. The number of nitrogens with one attached hydrogen (secondary N) is 1. The number of amides is 1. The van der Waals surface area contributed by atoms with Crippen molar-refractivity contribution < 1.29 is 9.53 Å². The monoisotopic (exact) mass is 269 g/mol. The Balaban J connectivity index is 1.83. The zero-order chi connectivity index (χ0) is 13.0. The highest BCUT2D eigenvalue weighted by atomic mass is 35.5. The molecule has 0 bridgehead atoms. The molecule has 1 unspecified atom stereocenters. The van der Waals surface area contributed by atoms with Crippen molar-refractivity contribution in [2.45, 2.75) is 13.0 Å². The predicted molar refractivity (Wildman–Crippen MR) is 69.7 cm³/mol. The van der Waals surface area contributed by atoms with Crippen molar-refractivity contribution in [3.8, 4) is 0 Å². The zero-order valence-corrected chi connectivity index (χ0v) is 11.0. The smallest absolute Gasteiger partial charge is 0.239 e. The van der Waals surface area contributed by atoms with Crippen molar-refractivity contribution in [3.63, 3.8) is 0 Å². The van der Waals surface area contributed by atoms with Gasteiger partial charge in [0.25, 0.3) is 0 Å². The van der Waals surface area contributed by atoms with E-state index in [2.05, 4.69) is 15.2 Å². The number of carbonyl (C=O) groups excluding carboxylic acids is 1. The average Bonchev–Trinajstić information content (AvgIpc) is 2.32. The SMILES string of the molecule is CC1CN(CC(=O)Nc2ccc(Cl)cn2)CCO1. The maximum atomic E-state index is 11.8. The Morgan fingerprint density at radius 3 is 3.17 bits per heavy atom. The van der Waals surface area contributed by atoms with Crippen molar-refractivity contribution in [2.24, 2.45) is 0 Å². The number of ether oxygens (including phenoxy) is 1. The second kappa shape index (κ2) is 6.13. The molecule has 1 aromatic rings. The van der Waals surface area contributed by atoms with Crippen LogP contribution in [0.5, 0.6) is 0 Å². The van der Waals surface area contributed by atoms with Gasteiger partial charge in [-0.3, -0.25) is 9.69 Å². The van der Waals surface area contributed by atoms with E-state index in [4.69, 9.17) is 16.3 Å². The second-order valence-electron chi connectivity index (χ2n) is 4.33. The summed E-state index contributed by atoms with van der Waals surface area (Å²) in [6.07, 6.45) is 1.69. The zero-order valence-electron chi connectivity index (χ0n) is 10.2. The van der Waals surface area contributed by atoms with Crippen LogP contribution in [0.1, 0.15) is 6.92 Å². The van der Waals surface area contributed by atoms with Gasteiger partial charge in [0.2, 0.25) is 5.91 Å². The first-order chi connectivity index (χ1) is 8.63. The highest BCUT2D eigenvalue weighted by Crippen LogP contribution is 2.10. The molecule has 0 spiro atoms. The van der Waals surface area contributed by atoms with Crippen LogP contribution >= 0.6 is 11.6 Å². The topological polar surface area (TPSA) is 54.5 Å². The summed E-state index contributed by atoms with van der Waals surface area (Å²) in [6, 6.07) is 3.38. The normalized spacial score (nSPS) is 20.7. The summed E-state index contributed by atoms with van der Waals surface area (Å²) in [7, 11) is 0. The minimum Gasteiger partial charge on any atom is -0.376 e. The molecule has 5 nitrogen and oxygen atoms in total. The third-order valence-electron chi connectivity index (χ3n) is 2.69. The lowest BCUT2D eigenvalue weighted by Gasteiger charge is -2.30. The van der Waals surface area contributed by atoms with E-state index in [-0.39, 0.29) is 12.0 Å². The summed E-state index contributed by atoms with van der Waals surface area (Å²) in [4.78, 5) is 17.9. The van der Waals surface area contributed by atoms with Crippen molar-refractivity contribution in [1.82, 2.24) is 9.88 Å². The molecule has 1 saturated heterocycles. The van der Waals surface area contributed by atoms with Crippen LogP contribution in [0.15, 0.2) is 18.3 Å². The molecule has 1 aromatic heterocycles. The Morgan fingerprint density at radius 1 is 1.67 bits per heavy atom. The molecule has 98 valence electrons. The molecular weight excluding hydrogens is 254 g/mol. The van der Waals surface area contributed by atoms with Gasteiger partial charge >= 0.3 is 0 Å². The van der Waals surface area contributed by atoms with E-state index >= 15 is 0 Å². The number of hydrogen-bond acceptors (Lipinski definition) is 4. The number of rotatable bonds is 3. The molecule has 1 N–H and O–H groups in total. The van der Waals surface area contributed by atoms with Crippen LogP contribution in [0, 0.1) is 0 Å². The summed E-state index contributed by atoms with van der Waals surface area (Å²) in [5.41, 5.74) is 0. The molecule has 1 atom stereocenters. The van der Waals surface area contributed by atoms with Gasteiger partial charge in [0.1, 0.15) is 5.82 Å². The van der Waals surface area contributed by atoms with Crippen LogP contribution in [0.4, 0.5) is 5.82 Å². The van der Waals surface area contributed by atoms with Crippen LogP contribution in [-0.2, 0) is 9.53 Å². The average molecular weight is 270 g/mol. The van der Waals surface area contributed by atoms with Gasteiger partial charge in [0.15, 0.2) is 0 Å². The van der Waals surface area contributed by atoms with Gasteiger partial charge in [-0.2, -0.15) is 0 Å². The minimum absolute atomic E-state index is 0.0704. The number of pyridine rings is 1. The summed E-state index contributed by atoms with van der Waals surface area (Å²) in [5.74, 6) is 0.449. The Morgan fingerprint density at radius 2 is 2.50 bits per heavy atom. The fraction of sp³-hybridized carbons (Fsp3) is 0.500. The van der Waals surface area contributed by atoms with Gasteiger partial charge in [-0.1, -0.05) is 11.6 Å². The summed E-state index contributed by atoms with van der Waals surface area (Å²) in [5, 5.41) is 3.29. The standard InChI is InChI=1S/C12H16ClN3O2/c1-9-7-16(4-5-18-9)8-12(17)15-11-3-2-10(13)6-14-11/h2-3,6,9H,4-5,7-8H2,1H3,(H,14,15,17). The predicted octanol–water partition coefficient (Wildman–Crippen LogP) is 1.39. The molecule has 0 aromatic carbocycles. The van der Waals surface area contributed by atoms with E-state index in [0.29, 0.717) is 24.0 Å². The number of carbonyl (C=O) groups is 1.